The molecule has 2 rings (SSSR count). The van der Waals surface area contributed by atoms with Crippen LogP contribution in [-0.2, 0) is 0 Å². The first-order valence-corrected chi connectivity index (χ1v) is 7.00. The quantitative estimate of drug-likeness (QED) is 0.849. The number of benzene rings is 1. The number of aryl methyl sites for hydroxylation is 1. The lowest BCUT2D eigenvalue weighted by atomic mass is 9.97. The van der Waals surface area contributed by atoms with E-state index in [1.54, 1.807) is 0 Å². The number of phenols is 1. The van der Waals surface area contributed by atoms with Gasteiger partial charge in [-0.3, -0.25) is 0 Å². The Morgan fingerprint density at radius 2 is 1.89 bits per heavy atom. The number of hydrogen-bond acceptors (Lipinski definition) is 2. The van der Waals surface area contributed by atoms with E-state index < -0.39 is 0 Å². The van der Waals surface area contributed by atoms with Gasteiger partial charge in [-0.1, -0.05) is 26.8 Å². The molecule has 1 aromatic rings. The predicted molar refractivity (Wildman–Crippen MR) is 76.1 cm³/mol. The van der Waals surface area contributed by atoms with Crippen molar-refractivity contribution in [1.29, 1.82) is 0 Å². The second-order valence-corrected chi connectivity index (χ2v) is 6.12. The van der Waals surface area contributed by atoms with Crippen molar-refractivity contribution in [3.05, 3.63) is 28.8 Å². The molecule has 0 radical (unpaired) electrons. The van der Waals surface area contributed by atoms with Crippen LogP contribution in [0.25, 0.3) is 0 Å². The van der Waals surface area contributed by atoms with Crippen LogP contribution in [0.4, 0.5) is 0 Å². The lowest BCUT2D eigenvalue weighted by Crippen LogP contribution is -2.33. The van der Waals surface area contributed by atoms with Gasteiger partial charge in [0.05, 0.1) is 0 Å². The van der Waals surface area contributed by atoms with E-state index in [1.807, 2.05) is 12.1 Å². The van der Waals surface area contributed by atoms with Crippen LogP contribution in [-0.4, -0.2) is 11.1 Å². The molecular weight excluding hydrogens is 222 g/mol. The first-order chi connectivity index (χ1) is 8.41. The topological polar surface area (TPSA) is 32.3 Å². The van der Waals surface area contributed by atoms with Gasteiger partial charge in [0, 0.05) is 17.6 Å². The maximum atomic E-state index is 10.2. The number of fused-ring (bicyclic) bond motifs is 1. The summed E-state index contributed by atoms with van der Waals surface area (Å²) >= 11 is 0. The highest BCUT2D eigenvalue weighted by molar-refractivity contribution is 5.50. The van der Waals surface area contributed by atoms with Gasteiger partial charge in [0.2, 0.25) is 0 Å². The van der Waals surface area contributed by atoms with Gasteiger partial charge in [-0.2, -0.15) is 0 Å². The zero-order chi connectivity index (χ0) is 13.4. The molecule has 2 nitrogen and oxygen atoms in total. The molecule has 0 saturated carbocycles. The third-order valence-corrected chi connectivity index (χ3v) is 4.38. The summed E-state index contributed by atoms with van der Waals surface area (Å²) in [5, 5.41) is 13.8. The van der Waals surface area contributed by atoms with Crippen molar-refractivity contribution in [3.8, 4) is 5.75 Å². The fourth-order valence-electron chi connectivity index (χ4n) is 3.00. The zero-order valence-electron chi connectivity index (χ0n) is 12.1. The predicted octanol–water partition coefficient (Wildman–Crippen LogP) is 3.88. The molecule has 100 valence electrons. The minimum atomic E-state index is 0.298. The Balaban J connectivity index is 2.32. The van der Waals surface area contributed by atoms with Gasteiger partial charge in [-0.25, -0.2) is 0 Å². The Hall–Kier alpha value is -1.02. The maximum absolute atomic E-state index is 10.2. The van der Waals surface area contributed by atoms with E-state index in [-0.39, 0.29) is 0 Å². The first kappa shape index (κ1) is 13.4. The zero-order valence-corrected chi connectivity index (χ0v) is 12.1. The van der Waals surface area contributed by atoms with Crippen LogP contribution >= 0.6 is 0 Å². The standard InChI is InChI=1S/C16H25NO/c1-9(2)12(5)17-13-8-11(4)15-10(3)6-7-14(18)16(13)15/h6-7,9,11-13,17-18H,8H2,1-5H3. The van der Waals surface area contributed by atoms with Gasteiger partial charge in [-0.15, -0.1) is 0 Å². The lowest BCUT2D eigenvalue weighted by molar-refractivity contribution is 0.361. The smallest absolute Gasteiger partial charge is 0.120 e. The molecule has 1 aliphatic carbocycles. The monoisotopic (exact) mass is 247 g/mol. The Morgan fingerprint density at radius 1 is 1.22 bits per heavy atom. The van der Waals surface area contributed by atoms with Crippen molar-refractivity contribution < 1.29 is 5.11 Å². The molecule has 1 aromatic carbocycles. The molecule has 0 heterocycles. The Morgan fingerprint density at radius 3 is 2.50 bits per heavy atom. The Kier molecular flexibility index (Phi) is 3.67. The van der Waals surface area contributed by atoms with Crippen molar-refractivity contribution >= 4 is 0 Å². The summed E-state index contributed by atoms with van der Waals surface area (Å²) in [6.07, 6.45) is 1.09. The average Bonchev–Trinajstić information content (AvgIpc) is 2.62. The highest BCUT2D eigenvalue weighted by Crippen LogP contribution is 2.46. The fraction of sp³-hybridized carbons (Fsp3) is 0.625. The normalized spacial score (nSPS) is 24.3. The third-order valence-electron chi connectivity index (χ3n) is 4.38. The van der Waals surface area contributed by atoms with Gasteiger partial charge in [0.25, 0.3) is 0 Å². The molecule has 0 spiro atoms. The average molecular weight is 247 g/mol. The van der Waals surface area contributed by atoms with Gasteiger partial charge in [0.1, 0.15) is 5.75 Å². The Labute approximate surface area is 110 Å². The Bertz CT molecular complexity index is 439. The summed E-state index contributed by atoms with van der Waals surface area (Å²) in [5.74, 6) is 1.59. The molecular formula is C16H25NO. The van der Waals surface area contributed by atoms with Crippen molar-refractivity contribution in [2.75, 3.05) is 0 Å². The number of phenolic OH excluding ortho intramolecular Hbond substituents is 1. The van der Waals surface area contributed by atoms with E-state index in [2.05, 4.69) is 39.9 Å². The van der Waals surface area contributed by atoms with Crippen LogP contribution in [0, 0.1) is 12.8 Å². The van der Waals surface area contributed by atoms with Crippen molar-refractivity contribution in [3.63, 3.8) is 0 Å². The number of aromatic hydroxyl groups is 1. The molecule has 3 atom stereocenters. The molecule has 3 unspecified atom stereocenters. The minimum Gasteiger partial charge on any atom is -0.508 e. The van der Waals surface area contributed by atoms with E-state index in [9.17, 15) is 5.11 Å². The highest BCUT2D eigenvalue weighted by Gasteiger charge is 2.32. The van der Waals surface area contributed by atoms with E-state index in [4.69, 9.17) is 0 Å². The second-order valence-electron chi connectivity index (χ2n) is 6.12. The highest BCUT2D eigenvalue weighted by atomic mass is 16.3. The molecule has 2 heteroatoms. The lowest BCUT2D eigenvalue weighted by Gasteiger charge is -2.24. The van der Waals surface area contributed by atoms with Crippen LogP contribution in [0.5, 0.6) is 5.75 Å². The minimum absolute atomic E-state index is 0.298. The van der Waals surface area contributed by atoms with Crippen LogP contribution < -0.4 is 5.32 Å². The van der Waals surface area contributed by atoms with Gasteiger partial charge in [0.15, 0.2) is 0 Å². The number of hydrogen-bond donors (Lipinski definition) is 2. The van der Waals surface area contributed by atoms with Crippen LogP contribution in [0.15, 0.2) is 12.1 Å². The van der Waals surface area contributed by atoms with Crippen LogP contribution in [0.3, 0.4) is 0 Å². The summed E-state index contributed by atoms with van der Waals surface area (Å²) in [5.41, 5.74) is 3.79. The van der Waals surface area contributed by atoms with Crippen molar-refractivity contribution in [2.45, 2.75) is 59.0 Å². The molecule has 2 N–H and O–H groups in total. The second kappa shape index (κ2) is 4.93. The van der Waals surface area contributed by atoms with Crippen molar-refractivity contribution in [1.82, 2.24) is 5.32 Å². The number of nitrogens with one attached hydrogen (secondary N) is 1. The van der Waals surface area contributed by atoms with Crippen molar-refractivity contribution in [2.24, 2.45) is 5.92 Å². The molecule has 0 aromatic heterocycles. The van der Waals surface area contributed by atoms with Gasteiger partial charge in [-0.05, 0) is 49.3 Å². The maximum Gasteiger partial charge on any atom is 0.120 e. The summed E-state index contributed by atoms with van der Waals surface area (Å²) in [7, 11) is 0. The first-order valence-electron chi connectivity index (χ1n) is 7.00. The molecule has 0 saturated heterocycles. The van der Waals surface area contributed by atoms with E-state index in [0.29, 0.717) is 29.7 Å². The van der Waals surface area contributed by atoms with E-state index in [0.717, 1.165) is 12.0 Å². The molecule has 0 bridgehead atoms. The number of rotatable bonds is 3. The fourth-order valence-corrected chi connectivity index (χ4v) is 3.00. The van der Waals surface area contributed by atoms with Crippen LogP contribution in [0.2, 0.25) is 0 Å². The largest absolute Gasteiger partial charge is 0.508 e. The summed E-state index contributed by atoms with van der Waals surface area (Å²) in [4.78, 5) is 0. The molecule has 0 fully saturated rings. The molecule has 18 heavy (non-hydrogen) atoms. The van der Waals surface area contributed by atoms with Gasteiger partial charge >= 0.3 is 0 Å². The summed E-state index contributed by atoms with van der Waals surface area (Å²) in [6, 6.07) is 4.63. The van der Waals surface area contributed by atoms with E-state index >= 15 is 0 Å². The third kappa shape index (κ3) is 2.26. The van der Waals surface area contributed by atoms with Gasteiger partial charge < -0.3 is 10.4 Å². The SMILES string of the molecule is Cc1ccc(O)c2c1C(C)CC2NC(C)C(C)C. The van der Waals surface area contributed by atoms with Crippen LogP contribution in [0.1, 0.15) is 62.8 Å². The summed E-state index contributed by atoms with van der Waals surface area (Å²) < 4.78 is 0. The molecule has 1 aliphatic rings. The summed E-state index contributed by atoms with van der Waals surface area (Å²) in [6.45, 7) is 11.1. The van der Waals surface area contributed by atoms with E-state index in [1.165, 1.54) is 11.1 Å². The molecule has 0 aliphatic heterocycles. The molecule has 0 amide bonds.